The molecule has 0 rings (SSSR count). The second kappa shape index (κ2) is 6.62. The van der Waals surface area contributed by atoms with Crippen molar-refractivity contribution in [3.63, 3.8) is 0 Å². The number of rotatable bonds is 6. The molecule has 0 aromatic carbocycles. The SMILES string of the molecule is CN(CCO)C(=O)N[C@@H](CC(N)=O)C(=O)O. The summed E-state index contributed by atoms with van der Waals surface area (Å²) in [6, 6.07) is -2.05. The van der Waals surface area contributed by atoms with Crippen molar-refractivity contribution in [2.45, 2.75) is 12.5 Å². The lowest BCUT2D eigenvalue weighted by Gasteiger charge is -2.19. The van der Waals surface area contributed by atoms with E-state index in [1.807, 2.05) is 0 Å². The molecule has 92 valence electrons. The molecule has 0 aromatic heterocycles. The van der Waals surface area contributed by atoms with Gasteiger partial charge in [0.2, 0.25) is 5.91 Å². The van der Waals surface area contributed by atoms with Crippen molar-refractivity contribution in [2.24, 2.45) is 5.73 Å². The molecule has 16 heavy (non-hydrogen) atoms. The molecule has 1 atom stereocenters. The molecule has 0 aliphatic heterocycles. The Bertz CT molecular complexity index is 281. The number of hydrogen-bond acceptors (Lipinski definition) is 4. The fraction of sp³-hybridized carbons (Fsp3) is 0.625. The molecular formula is C8H15N3O5. The van der Waals surface area contributed by atoms with Gasteiger partial charge in [0.05, 0.1) is 13.0 Å². The summed E-state index contributed by atoms with van der Waals surface area (Å²) in [6.07, 6.45) is -0.478. The van der Waals surface area contributed by atoms with E-state index in [0.29, 0.717) is 0 Å². The maximum Gasteiger partial charge on any atom is 0.326 e. The number of aliphatic carboxylic acids is 1. The van der Waals surface area contributed by atoms with Crippen molar-refractivity contribution in [1.82, 2.24) is 10.2 Å². The van der Waals surface area contributed by atoms with Gasteiger partial charge in [-0.05, 0) is 0 Å². The minimum absolute atomic E-state index is 0.0642. The van der Waals surface area contributed by atoms with E-state index in [0.717, 1.165) is 4.90 Å². The minimum Gasteiger partial charge on any atom is -0.480 e. The highest BCUT2D eigenvalue weighted by Crippen LogP contribution is 1.94. The van der Waals surface area contributed by atoms with Crippen LogP contribution in [0.3, 0.4) is 0 Å². The average molecular weight is 233 g/mol. The number of carboxylic acids is 1. The van der Waals surface area contributed by atoms with Crippen LogP contribution < -0.4 is 11.1 Å². The van der Waals surface area contributed by atoms with Crippen LogP contribution in [0.15, 0.2) is 0 Å². The molecule has 5 N–H and O–H groups in total. The van der Waals surface area contributed by atoms with Gasteiger partial charge >= 0.3 is 12.0 Å². The fourth-order valence-corrected chi connectivity index (χ4v) is 0.912. The van der Waals surface area contributed by atoms with Gasteiger partial charge in [0.1, 0.15) is 6.04 Å². The molecule has 8 nitrogen and oxygen atoms in total. The van der Waals surface area contributed by atoms with E-state index in [9.17, 15) is 14.4 Å². The topological polar surface area (TPSA) is 133 Å². The van der Waals surface area contributed by atoms with Gasteiger partial charge in [-0.2, -0.15) is 0 Å². The van der Waals surface area contributed by atoms with E-state index in [1.165, 1.54) is 7.05 Å². The number of likely N-dealkylation sites (N-methyl/N-ethyl adjacent to an activating group) is 1. The van der Waals surface area contributed by atoms with Crippen molar-refractivity contribution in [3.05, 3.63) is 0 Å². The van der Waals surface area contributed by atoms with Crippen LogP contribution in [0.5, 0.6) is 0 Å². The third-order valence-electron chi connectivity index (χ3n) is 1.78. The zero-order chi connectivity index (χ0) is 12.7. The molecule has 0 saturated heterocycles. The first kappa shape index (κ1) is 14.2. The van der Waals surface area contributed by atoms with Gasteiger partial charge in [0.15, 0.2) is 0 Å². The lowest BCUT2D eigenvalue weighted by atomic mass is 10.2. The predicted octanol–water partition coefficient (Wildman–Crippen LogP) is -2.05. The summed E-state index contributed by atoms with van der Waals surface area (Å²) in [6.45, 7) is -0.174. The monoisotopic (exact) mass is 233 g/mol. The highest BCUT2D eigenvalue weighted by atomic mass is 16.4. The molecule has 0 spiro atoms. The zero-order valence-electron chi connectivity index (χ0n) is 8.84. The number of primary amides is 1. The molecule has 0 heterocycles. The van der Waals surface area contributed by atoms with Crippen LogP contribution in [-0.2, 0) is 9.59 Å². The molecule has 0 bridgehead atoms. The number of carbonyl (C=O) groups is 3. The molecule has 0 aromatic rings. The van der Waals surface area contributed by atoms with E-state index < -0.39 is 30.4 Å². The lowest BCUT2D eigenvalue weighted by molar-refractivity contribution is -0.140. The third-order valence-corrected chi connectivity index (χ3v) is 1.78. The molecule has 3 amide bonds. The van der Waals surface area contributed by atoms with E-state index in [2.05, 4.69) is 5.32 Å². The maximum absolute atomic E-state index is 11.3. The van der Waals surface area contributed by atoms with Gasteiger partial charge < -0.3 is 26.2 Å². The Kier molecular flexibility index (Phi) is 5.86. The smallest absolute Gasteiger partial charge is 0.326 e. The first-order valence-electron chi connectivity index (χ1n) is 4.52. The second-order valence-corrected chi connectivity index (χ2v) is 3.16. The quantitative estimate of drug-likeness (QED) is 0.419. The van der Waals surface area contributed by atoms with Gasteiger partial charge in [-0.3, -0.25) is 4.79 Å². The zero-order valence-corrected chi connectivity index (χ0v) is 8.84. The lowest BCUT2D eigenvalue weighted by Crippen LogP contribution is -2.48. The number of carboxylic acid groups (broad SMARTS) is 1. The van der Waals surface area contributed by atoms with Crippen LogP contribution in [-0.4, -0.2) is 59.3 Å². The Labute approximate surface area is 92.0 Å². The van der Waals surface area contributed by atoms with Crippen LogP contribution in [0.2, 0.25) is 0 Å². The normalized spacial score (nSPS) is 11.6. The number of urea groups is 1. The maximum atomic E-state index is 11.3. The molecule has 8 heteroatoms. The average Bonchev–Trinajstić information content (AvgIpc) is 2.16. The van der Waals surface area contributed by atoms with Gasteiger partial charge in [-0.15, -0.1) is 0 Å². The molecule has 0 aliphatic carbocycles. The van der Waals surface area contributed by atoms with Crippen molar-refractivity contribution in [1.29, 1.82) is 0 Å². The molecule has 0 aliphatic rings. The summed E-state index contributed by atoms with van der Waals surface area (Å²) >= 11 is 0. The number of aliphatic hydroxyl groups excluding tert-OH is 1. The van der Waals surface area contributed by atoms with Crippen LogP contribution in [0, 0.1) is 0 Å². The van der Waals surface area contributed by atoms with Crippen LogP contribution >= 0.6 is 0 Å². The van der Waals surface area contributed by atoms with Crippen molar-refractivity contribution >= 4 is 17.9 Å². The van der Waals surface area contributed by atoms with E-state index in [1.54, 1.807) is 0 Å². The Morgan fingerprint density at radius 1 is 1.44 bits per heavy atom. The number of amides is 3. The Hall–Kier alpha value is -1.83. The summed E-state index contributed by atoms with van der Waals surface area (Å²) in [7, 11) is 1.38. The molecule has 0 unspecified atom stereocenters. The molecule has 0 radical (unpaired) electrons. The van der Waals surface area contributed by atoms with E-state index in [-0.39, 0.29) is 13.2 Å². The van der Waals surface area contributed by atoms with Gasteiger partial charge in [-0.25, -0.2) is 9.59 Å². The fourth-order valence-electron chi connectivity index (χ4n) is 0.912. The van der Waals surface area contributed by atoms with Crippen LogP contribution in [0.4, 0.5) is 4.79 Å². The van der Waals surface area contributed by atoms with Crippen molar-refractivity contribution < 1.29 is 24.6 Å². The van der Waals surface area contributed by atoms with Crippen LogP contribution in [0.25, 0.3) is 0 Å². The predicted molar refractivity (Wildman–Crippen MR) is 53.5 cm³/mol. The number of nitrogens with two attached hydrogens (primary N) is 1. The molecule has 0 fully saturated rings. The largest absolute Gasteiger partial charge is 0.480 e. The first-order valence-corrected chi connectivity index (χ1v) is 4.52. The minimum atomic E-state index is -1.36. The second-order valence-electron chi connectivity index (χ2n) is 3.16. The van der Waals surface area contributed by atoms with Gasteiger partial charge in [0, 0.05) is 13.6 Å². The third kappa shape index (κ3) is 5.15. The standard InChI is InChI=1S/C8H15N3O5/c1-11(2-3-12)8(16)10-5(7(14)15)4-6(9)13/h5,12H,2-4H2,1H3,(H2,9,13)(H,10,16)(H,14,15)/t5-/m0/s1. The summed E-state index contributed by atoms with van der Waals surface area (Å²) in [5, 5.41) is 19.4. The number of nitrogens with zero attached hydrogens (tertiary/aromatic N) is 1. The van der Waals surface area contributed by atoms with Gasteiger partial charge in [0.25, 0.3) is 0 Å². The van der Waals surface area contributed by atoms with E-state index >= 15 is 0 Å². The number of carbonyl (C=O) groups excluding carboxylic acids is 2. The van der Waals surface area contributed by atoms with Gasteiger partial charge in [-0.1, -0.05) is 0 Å². The molecular weight excluding hydrogens is 218 g/mol. The molecule has 0 saturated carbocycles. The highest BCUT2D eigenvalue weighted by molar-refractivity contribution is 5.87. The van der Waals surface area contributed by atoms with E-state index in [4.69, 9.17) is 15.9 Å². The summed E-state index contributed by atoms with van der Waals surface area (Å²) in [4.78, 5) is 33.6. The van der Waals surface area contributed by atoms with Crippen molar-refractivity contribution in [2.75, 3.05) is 20.2 Å². The Balaban J connectivity index is 4.34. The van der Waals surface area contributed by atoms with Crippen molar-refractivity contribution in [3.8, 4) is 0 Å². The number of aliphatic hydroxyl groups is 1. The van der Waals surface area contributed by atoms with Crippen LogP contribution in [0.1, 0.15) is 6.42 Å². The summed E-state index contributed by atoms with van der Waals surface area (Å²) < 4.78 is 0. The number of hydrogen-bond donors (Lipinski definition) is 4. The number of nitrogens with one attached hydrogen (secondary N) is 1. The Morgan fingerprint density at radius 3 is 2.38 bits per heavy atom. The Morgan fingerprint density at radius 2 is 2.00 bits per heavy atom. The summed E-state index contributed by atoms with van der Waals surface area (Å²) in [5.41, 5.74) is 4.83. The highest BCUT2D eigenvalue weighted by Gasteiger charge is 2.23. The summed E-state index contributed by atoms with van der Waals surface area (Å²) in [5.74, 6) is -2.16. The first-order chi connectivity index (χ1) is 7.38.